The van der Waals surface area contributed by atoms with Crippen molar-refractivity contribution in [2.75, 3.05) is 13.6 Å². The van der Waals surface area contributed by atoms with Gasteiger partial charge in [-0.15, -0.1) is 24.0 Å². The Labute approximate surface area is 156 Å². The lowest BCUT2D eigenvalue weighted by molar-refractivity contribution is -0.120. The summed E-state index contributed by atoms with van der Waals surface area (Å²) in [5, 5.41) is 8.68. The van der Waals surface area contributed by atoms with Crippen LogP contribution in [0.15, 0.2) is 52.1 Å². The summed E-state index contributed by atoms with van der Waals surface area (Å²) in [5.41, 5.74) is 0.914. The Morgan fingerprint density at radius 1 is 1.12 bits per heavy atom. The molecular formula is C16H20FIN4O2. The fourth-order valence-electron chi connectivity index (χ4n) is 1.83. The van der Waals surface area contributed by atoms with Gasteiger partial charge in [0, 0.05) is 13.6 Å². The highest BCUT2D eigenvalue weighted by Crippen LogP contribution is 2.01. The van der Waals surface area contributed by atoms with Crippen molar-refractivity contribution in [2.24, 2.45) is 4.99 Å². The Morgan fingerprint density at radius 3 is 2.50 bits per heavy atom. The lowest BCUT2D eigenvalue weighted by Crippen LogP contribution is -2.42. The molecule has 0 saturated carbocycles. The molecule has 0 atom stereocenters. The van der Waals surface area contributed by atoms with E-state index in [2.05, 4.69) is 20.9 Å². The Balaban J connectivity index is 0.00000288. The predicted octanol–water partition coefficient (Wildman–Crippen LogP) is 2.02. The van der Waals surface area contributed by atoms with Gasteiger partial charge in [0.25, 0.3) is 0 Å². The molecular weight excluding hydrogens is 426 g/mol. The molecule has 0 fully saturated rings. The van der Waals surface area contributed by atoms with E-state index in [0.717, 1.165) is 5.56 Å². The smallest absolute Gasteiger partial charge is 0.239 e. The van der Waals surface area contributed by atoms with E-state index in [4.69, 9.17) is 4.42 Å². The van der Waals surface area contributed by atoms with Crippen molar-refractivity contribution in [3.05, 3.63) is 59.8 Å². The number of hydrogen-bond donors (Lipinski definition) is 3. The Morgan fingerprint density at radius 2 is 1.88 bits per heavy atom. The van der Waals surface area contributed by atoms with Crippen molar-refractivity contribution in [1.82, 2.24) is 16.0 Å². The molecule has 2 rings (SSSR count). The van der Waals surface area contributed by atoms with Crippen molar-refractivity contribution in [2.45, 2.75) is 13.1 Å². The van der Waals surface area contributed by atoms with Crippen LogP contribution in [0.25, 0.3) is 0 Å². The van der Waals surface area contributed by atoms with Crippen LogP contribution in [0.2, 0.25) is 0 Å². The van der Waals surface area contributed by atoms with Crippen LogP contribution in [-0.2, 0) is 17.9 Å². The van der Waals surface area contributed by atoms with E-state index >= 15 is 0 Å². The molecule has 1 heterocycles. The number of carbonyl (C=O) groups excluding carboxylic acids is 1. The monoisotopic (exact) mass is 446 g/mol. The number of nitrogens with one attached hydrogen (secondary N) is 3. The molecule has 0 aliphatic rings. The molecule has 3 N–H and O–H groups in total. The normalized spacial score (nSPS) is 10.7. The lowest BCUT2D eigenvalue weighted by atomic mass is 10.2. The number of guanidine groups is 1. The third-order valence-corrected chi connectivity index (χ3v) is 3.05. The zero-order valence-corrected chi connectivity index (χ0v) is 15.5. The highest BCUT2D eigenvalue weighted by atomic mass is 127. The molecule has 0 unspecified atom stereocenters. The third kappa shape index (κ3) is 6.99. The minimum Gasteiger partial charge on any atom is -0.467 e. The maximum atomic E-state index is 12.8. The molecule has 1 aromatic carbocycles. The van der Waals surface area contributed by atoms with Gasteiger partial charge < -0.3 is 20.4 Å². The van der Waals surface area contributed by atoms with E-state index < -0.39 is 0 Å². The average Bonchev–Trinajstić information content (AvgIpc) is 3.08. The molecule has 1 aromatic heterocycles. The van der Waals surface area contributed by atoms with Gasteiger partial charge in [-0.2, -0.15) is 0 Å². The molecule has 8 heteroatoms. The first-order valence-corrected chi connectivity index (χ1v) is 7.15. The molecule has 130 valence electrons. The second-order valence-corrected chi connectivity index (χ2v) is 4.76. The number of furan rings is 1. The summed E-state index contributed by atoms with van der Waals surface area (Å²) in [7, 11) is 1.61. The van der Waals surface area contributed by atoms with E-state index in [9.17, 15) is 9.18 Å². The first-order valence-electron chi connectivity index (χ1n) is 7.15. The van der Waals surface area contributed by atoms with Crippen molar-refractivity contribution >= 4 is 35.8 Å². The second-order valence-electron chi connectivity index (χ2n) is 4.76. The highest BCUT2D eigenvalue weighted by Gasteiger charge is 2.04. The van der Waals surface area contributed by atoms with E-state index in [0.29, 0.717) is 24.8 Å². The summed E-state index contributed by atoms with van der Waals surface area (Å²) in [4.78, 5) is 15.8. The van der Waals surface area contributed by atoms with Gasteiger partial charge in [-0.1, -0.05) is 12.1 Å². The van der Waals surface area contributed by atoms with Crippen molar-refractivity contribution in [1.29, 1.82) is 0 Å². The molecule has 24 heavy (non-hydrogen) atoms. The summed E-state index contributed by atoms with van der Waals surface area (Å²) in [6.07, 6.45) is 1.56. The quantitative estimate of drug-likeness (QED) is 0.361. The van der Waals surface area contributed by atoms with Gasteiger partial charge in [-0.25, -0.2) is 4.39 Å². The lowest BCUT2D eigenvalue weighted by Gasteiger charge is -2.11. The van der Waals surface area contributed by atoms with Crippen LogP contribution in [0.3, 0.4) is 0 Å². The van der Waals surface area contributed by atoms with E-state index in [1.54, 1.807) is 37.6 Å². The van der Waals surface area contributed by atoms with E-state index in [-0.39, 0.29) is 42.2 Å². The SMILES string of the molecule is CN=C(NCC(=O)NCc1ccco1)NCc1ccc(F)cc1.I. The second kappa shape index (κ2) is 10.6. The van der Waals surface area contributed by atoms with Gasteiger partial charge in [-0.05, 0) is 29.8 Å². The summed E-state index contributed by atoms with van der Waals surface area (Å²) in [6, 6.07) is 9.72. The first-order chi connectivity index (χ1) is 11.2. The van der Waals surface area contributed by atoms with Crippen LogP contribution >= 0.6 is 24.0 Å². The summed E-state index contributed by atoms with van der Waals surface area (Å²) < 4.78 is 18.0. The third-order valence-electron chi connectivity index (χ3n) is 3.05. The van der Waals surface area contributed by atoms with Gasteiger partial charge >= 0.3 is 0 Å². The van der Waals surface area contributed by atoms with Crippen molar-refractivity contribution < 1.29 is 13.6 Å². The van der Waals surface area contributed by atoms with E-state index in [1.807, 2.05) is 0 Å². The minimum absolute atomic E-state index is 0. The number of halogens is 2. The van der Waals surface area contributed by atoms with Crippen LogP contribution < -0.4 is 16.0 Å². The Bertz CT molecular complexity index is 645. The van der Waals surface area contributed by atoms with Crippen LogP contribution in [0, 0.1) is 5.82 Å². The van der Waals surface area contributed by atoms with Gasteiger partial charge in [0.15, 0.2) is 5.96 Å². The number of benzene rings is 1. The molecule has 1 amide bonds. The molecule has 6 nitrogen and oxygen atoms in total. The molecule has 0 radical (unpaired) electrons. The average molecular weight is 446 g/mol. The van der Waals surface area contributed by atoms with Gasteiger partial charge in [0.2, 0.25) is 5.91 Å². The zero-order chi connectivity index (χ0) is 16.5. The highest BCUT2D eigenvalue weighted by molar-refractivity contribution is 14.0. The zero-order valence-electron chi connectivity index (χ0n) is 13.2. The molecule has 0 spiro atoms. The molecule has 0 saturated heterocycles. The van der Waals surface area contributed by atoms with Crippen LogP contribution in [0.4, 0.5) is 4.39 Å². The van der Waals surface area contributed by atoms with Crippen molar-refractivity contribution in [3.63, 3.8) is 0 Å². The molecule has 0 aliphatic heterocycles. The minimum atomic E-state index is -0.274. The summed E-state index contributed by atoms with van der Waals surface area (Å²) in [6.45, 7) is 0.910. The maximum absolute atomic E-state index is 12.8. The van der Waals surface area contributed by atoms with E-state index in [1.165, 1.54) is 12.1 Å². The number of nitrogens with zero attached hydrogens (tertiary/aromatic N) is 1. The first kappa shape index (κ1) is 19.9. The van der Waals surface area contributed by atoms with Gasteiger partial charge in [0.1, 0.15) is 11.6 Å². The fourth-order valence-corrected chi connectivity index (χ4v) is 1.83. The number of rotatable bonds is 6. The Hall–Kier alpha value is -2.10. The molecule has 2 aromatic rings. The van der Waals surface area contributed by atoms with Crippen molar-refractivity contribution in [3.8, 4) is 0 Å². The standard InChI is InChI=1S/C16H19FN4O2.HI/c1-18-16(20-9-12-4-6-13(17)7-5-12)21-11-15(22)19-10-14-3-2-8-23-14;/h2-8H,9-11H2,1H3,(H,19,22)(H2,18,20,21);1H. The number of amides is 1. The largest absolute Gasteiger partial charge is 0.467 e. The summed E-state index contributed by atoms with van der Waals surface area (Å²) in [5.74, 6) is 0.732. The number of aliphatic imine (C=N–C) groups is 1. The maximum Gasteiger partial charge on any atom is 0.239 e. The van der Waals surface area contributed by atoms with Gasteiger partial charge in [-0.3, -0.25) is 9.79 Å². The number of hydrogen-bond acceptors (Lipinski definition) is 3. The van der Waals surface area contributed by atoms with Gasteiger partial charge in [0.05, 0.1) is 19.4 Å². The number of carbonyl (C=O) groups is 1. The van der Waals surface area contributed by atoms with Crippen LogP contribution in [0.5, 0.6) is 0 Å². The Kier molecular flexibility index (Phi) is 8.84. The fraction of sp³-hybridized carbons (Fsp3) is 0.250. The molecule has 0 aliphatic carbocycles. The molecule has 0 bridgehead atoms. The predicted molar refractivity (Wildman–Crippen MR) is 101 cm³/mol. The topological polar surface area (TPSA) is 78.7 Å². The van der Waals surface area contributed by atoms with Crippen LogP contribution in [-0.4, -0.2) is 25.5 Å². The van der Waals surface area contributed by atoms with Crippen LogP contribution in [0.1, 0.15) is 11.3 Å². The summed E-state index contributed by atoms with van der Waals surface area (Å²) >= 11 is 0.